The van der Waals surface area contributed by atoms with Gasteiger partial charge in [-0.2, -0.15) is 20.1 Å². The molecule has 1 N–H and O–H groups in total. The van der Waals surface area contributed by atoms with Crippen molar-refractivity contribution in [3.8, 4) is 11.5 Å². The number of methoxy groups -OCH3 is 1. The highest BCUT2D eigenvalue weighted by Gasteiger charge is 2.20. The van der Waals surface area contributed by atoms with E-state index in [4.69, 9.17) is 47.1 Å². The van der Waals surface area contributed by atoms with E-state index in [1.54, 1.807) is 25.5 Å². The Morgan fingerprint density at radius 3 is 2.18 bits per heavy atom. The molecule has 0 spiro atoms. The maximum atomic E-state index is 6.26. The maximum Gasteiger partial charge on any atom is 0.250 e. The number of benzene rings is 2. The standard InChI is InChI=1S/C26H29Cl2N7O4/c1-36-23-14-18(2-5-22(23)39-17-19-3-4-20(27)15-21(19)28)16-29-33-24-30-25(34-6-10-37-11-7-34)32-26(31-24)35-8-12-38-13-9-35/h2-5,14-16H,6-13,17H2,1H3,(H,30,31,32,33)/b29-16+. The number of halogens is 2. The highest BCUT2D eigenvalue weighted by Crippen LogP contribution is 2.30. The summed E-state index contributed by atoms with van der Waals surface area (Å²) in [5.41, 5.74) is 4.58. The Bertz CT molecular complexity index is 1270. The second-order valence-corrected chi connectivity index (χ2v) is 9.61. The first-order chi connectivity index (χ1) is 19.1. The zero-order valence-electron chi connectivity index (χ0n) is 21.5. The van der Waals surface area contributed by atoms with Crippen LogP contribution in [0.2, 0.25) is 10.0 Å². The van der Waals surface area contributed by atoms with Crippen LogP contribution in [0.1, 0.15) is 11.1 Å². The molecule has 5 rings (SSSR count). The van der Waals surface area contributed by atoms with Crippen molar-refractivity contribution >= 4 is 47.3 Å². The van der Waals surface area contributed by atoms with Crippen molar-refractivity contribution in [2.75, 3.05) is 74.9 Å². The molecule has 2 aliphatic rings. The van der Waals surface area contributed by atoms with E-state index in [1.807, 2.05) is 24.3 Å². The van der Waals surface area contributed by atoms with Crippen LogP contribution in [0, 0.1) is 0 Å². The van der Waals surface area contributed by atoms with Gasteiger partial charge < -0.3 is 28.7 Å². The van der Waals surface area contributed by atoms with Gasteiger partial charge in [0.05, 0.1) is 39.8 Å². The zero-order valence-corrected chi connectivity index (χ0v) is 23.0. The Morgan fingerprint density at radius 1 is 0.897 bits per heavy atom. The fourth-order valence-electron chi connectivity index (χ4n) is 4.06. The van der Waals surface area contributed by atoms with Crippen molar-refractivity contribution < 1.29 is 18.9 Å². The number of anilines is 3. The number of aromatic nitrogens is 3. The summed E-state index contributed by atoms with van der Waals surface area (Å²) < 4.78 is 22.4. The molecule has 206 valence electrons. The number of ether oxygens (including phenoxy) is 4. The van der Waals surface area contributed by atoms with Gasteiger partial charge in [0.1, 0.15) is 6.61 Å². The van der Waals surface area contributed by atoms with Crippen LogP contribution in [0.5, 0.6) is 11.5 Å². The quantitative estimate of drug-likeness (QED) is 0.299. The molecule has 0 aliphatic carbocycles. The molecular weight excluding hydrogens is 545 g/mol. The van der Waals surface area contributed by atoms with Gasteiger partial charge in [-0.1, -0.05) is 29.3 Å². The van der Waals surface area contributed by atoms with E-state index in [-0.39, 0.29) is 6.61 Å². The van der Waals surface area contributed by atoms with Crippen LogP contribution in [0.25, 0.3) is 0 Å². The summed E-state index contributed by atoms with van der Waals surface area (Å²) in [5, 5.41) is 5.48. The van der Waals surface area contributed by atoms with Crippen molar-refractivity contribution in [3.63, 3.8) is 0 Å². The third kappa shape index (κ3) is 7.18. The summed E-state index contributed by atoms with van der Waals surface area (Å²) >= 11 is 12.2. The second kappa shape index (κ2) is 13.1. The van der Waals surface area contributed by atoms with Gasteiger partial charge in [-0.25, -0.2) is 5.43 Å². The minimum absolute atomic E-state index is 0.275. The predicted molar refractivity (Wildman–Crippen MR) is 151 cm³/mol. The molecule has 3 aromatic rings. The number of hydrogen-bond acceptors (Lipinski definition) is 11. The molecule has 0 unspecified atom stereocenters. The van der Waals surface area contributed by atoms with Crippen LogP contribution in [-0.2, 0) is 16.1 Å². The molecule has 2 aliphatic heterocycles. The normalized spacial score (nSPS) is 16.0. The molecule has 11 nitrogen and oxygen atoms in total. The smallest absolute Gasteiger partial charge is 0.250 e. The zero-order chi connectivity index (χ0) is 27.0. The molecule has 0 saturated carbocycles. The second-order valence-electron chi connectivity index (χ2n) is 8.76. The van der Waals surface area contributed by atoms with Crippen LogP contribution in [0.3, 0.4) is 0 Å². The summed E-state index contributed by atoms with van der Waals surface area (Å²) in [7, 11) is 1.59. The fourth-order valence-corrected chi connectivity index (χ4v) is 4.52. The monoisotopic (exact) mass is 573 g/mol. The van der Waals surface area contributed by atoms with E-state index in [0.29, 0.717) is 92.0 Å². The van der Waals surface area contributed by atoms with Gasteiger partial charge in [0.2, 0.25) is 17.8 Å². The average molecular weight is 574 g/mol. The predicted octanol–water partition coefficient (Wildman–Crippen LogP) is 3.89. The highest BCUT2D eigenvalue weighted by atomic mass is 35.5. The van der Waals surface area contributed by atoms with Crippen LogP contribution in [0.4, 0.5) is 17.8 Å². The van der Waals surface area contributed by atoms with Crippen molar-refractivity contribution in [1.82, 2.24) is 15.0 Å². The van der Waals surface area contributed by atoms with Gasteiger partial charge in [-0.3, -0.25) is 0 Å². The molecule has 2 fully saturated rings. The van der Waals surface area contributed by atoms with E-state index >= 15 is 0 Å². The van der Waals surface area contributed by atoms with Gasteiger partial charge in [-0.05, 0) is 35.9 Å². The lowest BCUT2D eigenvalue weighted by atomic mass is 10.2. The van der Waals surface area contributed by atoms with Crippen molar-refractivity contribution in [3.05, 3.63) is 57.6 Å². The van der Waals surface area contributed by atoms with Crippen molar-refractivity contribution in [1.29, 1.82) is 0 Å². The Labute approximate surface area is 236 Å². The Morgan fingerprint density at radius 2 is 1.56 bits per heavy atom. The summed E-state index contributed by atoms with van der Waals surface area (Å²) in [5.74, 6) is 2.69. The van der Waals surface area contributed by atoms with E-state index in [2.05, 4.69) is 30.3 Å². The maximum absolute atomic E-state index is 6.26. The molecule has 3 heterocycles. The largest absolute Gasteiger partial charge is 0.493 e. The molecule has 0 radical (unpaired) electrons. The van der Waals surface area contributed by atoms with Crippen LogP contribution >= 0.6 is 23.2 Å². The lowest BCUT2D eigenvalue weighted by Crippen LogP contribution is -2.40. The minimum atomic E-state index is 0.275. The molecule has 0 bridgehead atoms. The summed E-state index contributed by atoms with van der Waals surface area (Å²) in [6.45, 7) is 5.67. The average Bonchev–Trinajstić information content (AvgIpc) is 2.98. The molecule has 0 atom stereocenters. The Hall–Kier alpha value is -3.38. The number of rotatable bonds is 9. The van der Waals surface area contributed by atoms with Gasteiger partial charge in [-0.15, -0.1) is 0 Å². The molecular formula is C26H29Cl2N7O4. The lowest BCUT2D eigenvalue weighted by Gasteiger charge is -2.30. The topological polar surface area (TPSA) is 106 Å². The van der Waals surface area contributed by atoms with Crippen molar-refractivity contribution in [2.24, 2.45) is 5.10 Å². The fraction of sp³-hybridized carbons (Fsp3) is 0.385. The van der Waals surface area contributed by atoms with Crippen molar-refractivity contribution in [2.45, 2.75) is 6.61 Å². The lowest BCUT2D eigenvalue weighted by molar-refractivity contribution is 0.121. The third-order valence-corrected chi connectivity index (χ3v) is 6.75. The molecule has 1 aromatic heterocycles. The number of hydrogen-bond donors (Lipinski definition) is 1. The van der Waals surface area contributed by atoms with Crippen LogP contribution in [0.15, 0.2) is 41.5 Å². The SMILES string of the molecule is COc1cc(/C=N/Nc2nc(N3CCOCC3)nc(N3CCOCC3)n2)ccc1OCc1ccc(Cl)cc1Cl. The van der Waals surface area contributed by atoms with Gasteiger partial charge in [0, 0.05) is 41.8 Å². The first-order valence-corrected chi connectivity index (χ1v) is 13.3. The molecule has 2 aromatic carbocycles. The number of nitrogens with zero attached hydrogens (tertiary/aromatic N) is 6. The minimum Gasteiger partial charge on any atom is -0.493 e. The van der Waals surface area contributed by atoms with Gasteiger partial charge in [0.15, 0.2) is 11.5 Å². The molecule has 0 amide bonds. The van der Waals surface area contributed by atoms with Crippen LogP contribution < -0.4 is 24.7 Å². The third-order valence-electron chi connectivity index (χ3n) is 6.16. The first kappa shape index (κ1) is 27.2. The van der Waals surface area contributed by atoms with E-state index in [0.717, 1.165) is 11.1 Å². The van der Waals surface area contributed by atoms with E-state index < -0.39 is 0 Å². The number of nitrogens with one attached hydrogen (secondary N) is 1. The highest BCUT2D eigenvalue weighted by molar-refractivity contribution is 6.35. The molecule has 39 heavy (non-hydrogen) atoms. The summed E-state index contributed by atoms with van der Waals surface area (Å²) in [4.78, 5) is 18.1. The molecule has 2 saturated heterocycles. The van der Waals surface area contributed by atoms with E-state index in [1.165, 1.54) is 0 Å². The summed E-state index contributed by atoms with van der Waals surface area (Å²) in [6, 6.07) is 10.8. The molecule has 13 heteroatoms. The Balaban J connectivity index is 1.28. The number of morpholine rings is 2. The number of hydrazone groups is 1. The van der Waals surface area contributed by atoms with Gasteiger partial charge >= 0.3 is 0 Å². The first-order valence-electron chi connectivity index (χ1n) is 12.5. The van der Waals surface area contributed by atoms with Gasteiger partial charge in [0.25, 0.3) is 0 Å². The van der Waals surface area contributed by atoms with E-state index in [9.17, 15) is 0 Å². The Kier molecular flexibility index (Phi) is 9.15. The van der Waals surface area contributed by atoms with Crippen LogP contribution in [-0.4, -0.2) is 80.9 Å². The summed E-state index contributed by atoms with van der Waals surface area (Å²) in [6.07, 6.45) is 1.66.